The van der Waals surface area contributed by atoms with Crippen LogP contribution in [0.25, 0.3) is 0 Å². The first-order chi connectivity index (χ1) is 7.26. The zero-order valence-corrected chi connectivity index (χ0v) is 9.43. The number of hydrogen-bond acceptors (Lipinski definition) is 5. The molecule has 80 valence electrons. The van der Waals surface area contributed by atoms with Gasteiger partial charge in [-0.1, -0.05) is 11.8 Å². The topological polar surface area (TPSA) is 68.9 Å². The average Bonchev–Trinajstić information content (AvgIpc) is 2.27. The third-order valence-electron chi connectivity index (χ3n) is 2.51. The molecule has 1 aliphatic rings. The van der Waals surface area contributed by atoms with E-state index in [4.69, 9.17) is 5.73 Å². The molecule has 2 N–H and O–H groups in total. The van der Waals surface area contributed by atoms with Crippen LogP contribution in [0, 0.1) is 0 Å². The Balaban J connectivity index is 2.57. The van der Waals surface area contributed by atoms with Crippen molar-refractivity contribution in [2.45, 2.75) is 31.0 Å². The highest BCUT2D eigenvalue weighted by molar-refractivity contribution is 7.98. The summed E-state index contributed by atoms with van der Waals surface area (Å²) in [6, 6.07) is 0. The lowest BCUT2D eigenvalue weighted by molar-refractivity contribution is 0.0969. The Morgan fingerprint density at radius 2 is 2.20 bits per heavy atom. The van der Waals surface area contributed by atoms with Crippen molar-refractivity contribution in [2.24, 2.45) is 5.73 Å². The van der Waals surface area contributed by atoms with E-state index in [1.54, 1.807) is 0 Å². The molecule has 1 aliphatic carbocycles. The van der Waals surface area contributed by atoms with Crippen molar-refractivity contribution in [1.29, 1.82) is 0 Å². The van der Waals surface area contributed by atoms with Crippen molar-refractivity contribution in [3.8, 4) is 0 Å². The number of hydrogen-bond donors (Lipinski definition) is 1. The number of aryl methyl sites for hydroxylation is 1. The SMILES string of the molecule is CSc1nc(CN)c2c(n1)CCCC2=O. The number of rotatable bonds is 2. The van der Waals surface area contributed by atoms with E-state index < -0.39 is 0 Å². The van der Waals surface area contributed by atoms with Gasteiger partial charge in [-0.2, -0.15) is 0 Å². The maximum atomic E-state index is 11.7. The van der Waals surface area contributed by atoms with E-state index in [1.165, 1.54) is 11.8 Å². The number of carbonyl (C=O) groups excluding carboxylic acids is 1. The van der Waals surface area contributed by atoms with Gasteiger partial charge in [0.1, 0.15) is 0 Å². The standard InChI is InChI=1S/C10H13N3OS/c1-15-10-12-6-3-2-4-8(14)9(6)7(5-11)13-10/h2-5,11H2,1H3. The number of aromatic nitrogens is 2. The van der Waals surface area contributed by atoms with E-state index >= 15 is 0 Å². The van der Waals surface area contributed by atoms with Crippen molar-refractivity contribution < 1.29 is 4.79 Å². The molecule has 1 aromatic heterocycles. The van der Waals surface area contributed by atoms with Crippen LogP contribution >= 0.6 is 11.8 Å². The normalized spacial score (nSPS) is 15.2. The summed E-state index contributed by atoms with van der Waals surface area (Å²) >= 11 is 1.48. The van der Waals surface area contributed by atoms with E-state index in [-0.39, 0.29) is 5.78 Å². The lowest BCUT2D eigenvalue weighted by Gasteiger charge is -2.16. The van der Waals surface area contributed by atoms with Gasteiger partial charge in [0.2, 0.25) is 0 Å². The van der Waals surface area contributed by atoms with Crippen LogP contribution < -0.4 is 5.73 Å². The van der Waals surface area contributed by atoms with Gasteiger partial charge >= 0.3 is 0 Å². The molecule has 2 rings (SSSR count). The number of fused-ring (bicyclic) bond motifs is 1. The maximum Gasteiger partial charge on any atom is 0.187 e. The number of nitrogens with zero attached hydrogens (tertiary/aromatic N) is 2. The van der Waals surface area contributed by atoms with E-state index in [9.17, 15) is 4.79 Å². The highest BCUT2D eigenvalue weighted by Crippen LogP contribution is 2.24. The summed E-state index contributed by atoms with van der Waals surface area (Å²) in [7, 11) is 0. The summed E-state index contributed by atoms with van der Waals surface area (Å²) < 4.78 is 0. The minimum atomic E-state index is 0.143. The average molecular weight is 223 g/mol. The van der Waals surface area contributed by atoms with Gasteiger partial charge < -0.3 is 5.73 Å². The summed E-state index contributed by atoms with van der Waals surface area (Å²) in [5.41, 5.74) is 7.87. The van der Waals surface area contributed by atoms with Crippen molar-refractivity contribution in [3.05, 3.63) is 17.0 Å². The molecule has 0 radical (unpaired) electrons. The molecule has 0 aliphatic heterocycles. The fourth-order valence-electron chi connectivity index (χ4n) is 1.82. The molecule has 0 saturated carbocycles. The van der Waals surface area contributed by atoms with Gasteiger partial charge in [0.25, 0.3) is 0 Å². The van der Waals surface area contributed by atoms with Gasteiger partial charge in [0.05, 0.1) is 17.0 Å². The second-order valence-electron chi connectivity index (χ2n) is 3.46. The predicted molar refractivity (Wildman–Crippen MR) is 59.0 cm³/mol. The van der Waals surface area contributed by atoms with Gasteiger partial charge in [0.15, 0.2) is 10.9 Å². The predicted octanol–water partition coefficient (Wildman–Crippen LogP) is 1.18. The summed E-state index contributed by atoms with van der Waals surface area (Å²) in [5, 5.41) is 0.712. The van der Waals surface area contributed by atoms with Gasteiger partial charge in [-0.15, -0.1) is 0 Å². The smallest absolute Gasteiger partial charge is 0.187 e. The van der Waals surface area contributed by atoms with Crippen molar-refractivity contribution in [3.63, 3.8) is 0 Å². The van der Waals surface area contributed by atoms with Crippen LogP contribution in [0.1, 0.15) is 34.6 Å². The third kappa shape index (κ3) is 1.89. The lowest BCUT2D eigenvalue weighted by atomic mass is 9.93. The number of thioether (sulfide) groups is 1. The number of carbonyl (C=O) groups is 1. The Hall–Kier alpha value is -0.940. The van der Waals surface area contributed by atoms with Gasteiger partial charge in [-0.25, -0.2) is 9.97 Å². The molecule has 4 nitrogen and oxygen atoms in total. The van der Waals surface area contributed by atoms with Crippen LogP contribution in [0.15, 0.2) is 5.16 Å². The first-order valence-electron chi connectivity index (χ1n) is 4.93. The van der Waals surface area contributed by atoms with Gasteiger partial charge in [-0.05, 0) is 19.1 Å². The molecule has 0 atom stereocenters. The Morgan fingerprint density at radius 1 is 1.40 bits per heavy atom. The Morgan fingerprint density at radius 3 is 2.87 bits per heavy atom. The van der Waals surface area contributed by atoms with Crippen LogP contribution in [-0.4, -0.2) is 22.0 Å². The Kier molecular flexibility index (Phi) is 3.02. The monoisotopic (exact) mass is 223 g/mol. The fourth-order valence-corrected chi connectivity index (χ4v) is 2.22. The zero-order chi connectivity index (χ0) is 10.8. The minimum Gasteiger partial charge on any atom is -0.325 e. The number of nitrogens with two attached hydrogens (primary N) is 1. The molecule has 0 fully saturated rings. The van der Waals surface area contributed by atoms with Crippen molar-refractivity contribution in [1.82, 2.24) is 9.97 Å². The van der Waals surface area contributed by atoms with Gasteiger partial charge in [0, 0.05) is 13.0 Å². The zero-order valence-electron chi connectivity index (χ0n) is 8.62. The summed E-state index contributed by atoms with van der Waals surface area (Å²) in [6.45, 7) is 0.310. The molecule has 5 heteroatoms. The van der Waals surface area contributed by atoms with Crippen LogP contribution in [-0.2, 0) is 13.0 Å². The maximum absolute atomic E-state index is 11.7. The van der Waals surface area contributed by atoms with E-state index in [2.05, 4.69) is 9.97 Å². The second kappa shape index (κ2) is 4.28. The summed E-state index contributed by atoms with van der Waals surface area (Å²) in [4.78, 5) is 20.4. The number of Topliss-reactive ketones (excluding diaryl/α,β-unsaturated/α-hetero) is 1. The highest BCUT2D eigenvalue weighted by Gasteiger charge is 2.23. The van der Waals surface area contributed by atoms with E-state index in [0.29, 0.717) is 29.4 Å². The van der Waals surface area contributed by atoms with Gasteiger partial charge in [-0.3, -0.25) is 4.79 Å². The van der Waals surface area contributed by atoms with E-state index in [1.807, 2.05) is 6.26 Å². The van der Waals surface area contributed by atoms with Crippen LogP contribution in [0.3, 0.4) is 0 Å². The largest absolute Gasteiger partial charge is 0.325 e. The summed E-state index contributed by atoms with van der Waals surface area (Å²) in [5.74, 6) is 0.143. The van der Waals surface area contributed by atoms with Crippen LogP contribution in [0.4, 0.5) is 0 Å². The Bertz CT molecular complexity index is 389. The van der Waals surface area contributed by atoms with Crippen molar-refractivity contribution in [2.75, 3.05) is 6.26 Å². The van der Waals surface area contributed by atoms with E-state index in [0.717, 1.165) is 18.5 Å². The summed E-state index contributed by atoms with van der Waals surface area (Å²) in [6.07, 6.45) is 4.28. The third-order valence-corrected chi connectivity index (χ3v) is 3.06. The molecular formula is C10H13N3OS. The minimum absolute atomic E-state index is 0.143. The molecular weight excluding hydrogens is 210 g/mol. The molecule has 0 aromatic carbocycles. The van der Waals surface area contributed by atoms with Crippen molar-refractivity contribution >= 4 is 17.5 Å². The highest BCUT2D eigenvalue weighted by atomic mass is 32.2. The molecule has 0 amide bonds. The van der Waals surface area contributed by atoms with Crippen LogP contribution in [0.5, 0.6) is 0 Å². The fraction of sp³-hybridized carbons (Fsp3) is 0.500. The quantitative estimate of drug-likeness (QED) is 0.602. The first kappa shape index (κ1) is 10.6. The molecule has 0 spiro atoms. The molecule has 0 unspecified atom stereocenters. The lowest BCUT2D eigenvalue weighted by Crippen LogP contribution is -2.19. The molecule has 15 heavy (non-hydrogen) atoms. The molecule has 1 heterocycles. The Labute approximate surface area is 92.7 Å². The molecule has 0 saturated heterocycles. The van der Waals surface area contributed by atoms with Crippen LogP contribution in [0.2, 0.25) is 0 Å². The molecule has 1 aromatic rings. The second-order valence-corrected chi connectivity index (χ2v) is 4.23. The molecule has 0 bridgehead atoms. The number of ketones is 1. The first-order valence-corrected chi connectivity index (χ1v) is 6.15.